The fourth-order valence-electron chi connectivity index (χ4n) is 1.86. The average molecular weight is 327 g/mol. The van der Waals surface area contributed by atoms with Gasteiger partial charge in [-0.15, -0.1) is 0 Å². The number of hydrogen-bond acceptors (Lipinski definition) is 4. The van der Waals surface area contributed by atoms with Crippen LogP contribution in [0, 0.1) is 11.2 Å². The van der Waals surface area contributed by atoms with Crippen LogP contribution in [0.25, 0.3) is 0 Å². The summed E-state index contributed by atoms with van der Waals surface area (Å²) in [5.74, 6) is -0.541. The highest BCUT2D eigenvalue weighted by molar-refractivity contribution is 5.87. The molecule has 4 nitrogen and oxygen atoms in total. The lowest BCUT2D eigenvalue weighted by molar-refractivity contribution is -0.258. The largest absolute Gasteiger partial charge is 0.421 e. The van der Waals surface area contributed by atoms with Crippen molar-refractivity contribution in [3.63, 3.8) is 0 Å². The smallest absolute Gasteiger partial charge is 0.376 e. The predicted molar refractivity (Wildman–Crippen MR) is 77.4 cm³/mol. The minimum atomic E-state index is -4.86. The van der Waals surface area contributed by atoms with Crippen molar-refractivity contribution in [1.29, 1.82) is 5.41 Å². The Morgan fingerprint density at radius 3 is 2.52 bits per heavy atom. The monoisotopic (exact) mass is 327 g/mol. The summed E-state index contributed by atoms with van der Waals surface area (Å²) >= 11 is 0. The van der Waals surface area contributed by atoms with Gasteiger partial charge in [0.1, 0.15) is 5.82 Å². The van der Waals surface area contributed by atoms with Crippen molar-refractivity contribution in [2.75, 3.05) is 5.32 Å². The van der Waals surface area contributed by atoms with Crippen LogP contribution < -0.4 is 5.32 Å². The summed E-state index contributed by atoms with van der Waals surface area (Å²) in [7, 11) is 0. The van der Waals surface area contributed by atoms with Crippen molar-refractivity contribution in [1.82, 2.24) is 4.98 Å². The SMILES string of the molecule is CC(O)(c1cncc(Nc2ccc(F)cc2C=N)c1)C(F)(F)F. The van der Waals surface area contributed by atoms with Crippen LogP contribution in [-0.4, -0.2) is 22.5 Å². The van der Waals surface area contributed by atoms with Gasteiger partial charge in [0, 0.05) is 29.2 Å². The van der Waals surface area contributed by atoms with Crippen LogP contribution in [-0.2, 0) is 5.60 Å². The van der Waals surface area contributed by atoms with E-state index in [1.54, 1.807) is 0 Å². The molecule has 1 atom stereocenters. The third kappa shape index (κ3) is 3.48. The molecule has 0 saturated heterocycles. The maximum Gasteiger partial charge on any atom is 0.421 e. The van der Waals surface area contributed by atoms with Crippen molar-refractivity contribution in [3.8, 4) is 0 Å². The molecule has 2 rings (SSSR count). The zero-order chi connectivity index (χ0) is 17.3. The molecule has 122 valence electrons. The highest BCUT2D eigenvalue weighted by atomic mass is 19.4. The number of anilines is 2. The molecule has 0 aliphatic carbocycles. The number of pyridine rings is 1. The molecular formula is C15H13F4N3O. The molecular weight excluding hydrogens is 314 g/mol. The minimum absolute atomic E-state index is 0.168. The summed E-state index contributed by atoms with van der Waals surface area (Å²) in [6.45, 7) is 0.634. The summed E-state index contributed by atoms with van der Waals surface area (Å²) in [6.07, 6.45) is -1.77. The van der Waals surface area contributed by atoms with Crippen LogP contribution in [0.1, 0.15) is 18.1 Å². The number of nitrogens with one attached hydrogen (secondary N) is 2. The highest BCUT2D eigenvalue weighted by Crippen LogP contribution is 2.39. The molecule has 3 N–H and O–H groups in total. The first kappa shape index (κ1) is 16.9. The Balaban J connectivity index is 2.37. The lowest BCUT2D eigenvalue weighted by Gasteiger charge is -2.26. The fraction of sp³-hybridized carbons (Fsp3) is 0.200. The van der Waals surface area contributed by atoms with Gasteiger partial charge in [-0.05, 0) is 31.2 Å². The van der Waals surface area contributed by atoms with Crippen molar-refractivity contribution in [2.45, 2.75) is 18.7 Å². The summed E-state index contributed by atoms with van der Waals surface area (Å²) in [6, 6.07) is 4.71. The Kier molecular flexibility index (Phi) is 4.37. The molecule has 0 aliphatic heterocycles. The van der Waals surface area contributed by atoms with Crippen LogP contribution in [0.4, 0.5) is 28.9 Å². The second-order valence-corrected chi connectivity index (χ2v) is 5.03. The molecule has 2 aromatic rings. The van der Waals surface area contributed by atoms with E-state index >= 15 is 0 Å². The lowest BCUT2D eigenvalue weighted by atomic mass is 9.97. The van der Waals surface area contributed by atoms with Crippen molar-refractivity contribution in [3.05, 3.63) is 53.6 Å². The summed E-state index contributed by atoms with van der Waals surface area (Å²) in [4.78, 5) is 3.68. The van der Waals surface area contributed by atoms with Crippen molar-refractivity contribution >= 4 is 17.6 Å². The van der Waals surface area contributed by atoms with E-state index in [9.17, 15) is 22.7 Å². The first-order valence-corrected chi connectivity index (χ1v) is 6.47. The molecule has 0 fully saturated rings. The second-order valence-electron chi connectivity index (χ2n) is 5.03. The molecule has 0 spiro atoms. The van der Waals surface area contributed by atoms with E-state index in [-0.39, 0.29) is 11.3 Å². The molecule has 0 aliphatic rings. The Morgan fingerprint density at radius 1 is 1.22 bits per heavy atom. The van der Waals surface area contributed by atoms with Gasteiger partial charge in [0.2, 0.25) is 0 Å². The lowest BCUT2D eigenvalue weighted by Crippen LogP contribution is -2.39. The van der Waals surface area contributed by atoms with E-state index in [2.05, 4.69) is 10.3 Å². The molecule has 23 heavy (non-hydrogen) atoms. The van der Waals surface area contributed by atoms with E-state index in [1.807, 2.05) is 0 Å². The van der Waals surface area contributed by atoms with E-state index < -0.39 is 23.2 Å². The number of rotatable bonds is 4. The minimum Gasteiger partial charge on any atom is -0.376 e. The summed E-state index contributed by atoms with van der Waals surface area (Å²) in [5.41, 5.74) is -2.77. The van der Waals surface area contributed by atoms with Gasteiger partial charge in [-0.2, -0.15) is 13.2 Å². The molecule has 0 bridgehead atoms. The Labute approximate surface area is 129 Å². The first-order chi connectivity index (χ1) is 10.6. The zero-order valence-corrected chi connectivity index (χ0v) is 11.9. The molecule has 0 saturated carbocycles. The average Bonchev–Trinajstić information content (AvgIpc) is 2.48. The topological polar surface area (TPSA) is 69.0 Å². The quantitative estimate of drug-likeness (QED) is 0.592. The van der Waals surface area contributed by atoms with Crippen molar-refractivity contribution in [2.24, 2.45) is 0 Å². The van der Waals surface area contributed by atoms with Crippen LogP contribution in [0.3, 0.4) is 0 Å². The standard InChI is InChI=1S/C15H13F4N3O/c1-14(23,15(17,18)19)10-5-12(8-21-7-10)22-13-3-2-11(16)4-9(13)6-20/h2-8,20,22-23H,1H3. The summed E-state index contributed by atoms with van der Waals surface area (Å²) < 4.78 is 51.7. The fourth-order valence-corrected chi connectivity index (χ4v) is 1.86. The molecule has 1 heterocycles. The third-order valence-electron chi connectivity index (χ3n) is 3.30. The van der Waals surface area contributed by atoms with Gasteiger partial charge < -0.3 is 15.8 Å². The molecule has 8 heteroatoms. The maximum atomic E-state index is 13.1. The number of alkyl halides is 3. The van der Waals surface area contributed by atoms with Crippen LogP contribution in [0.15, 0.2) is 36.7 Å². The number of aromatic nitrogens is 1. The maximum absolute atomic E-state index is 13.1. The third-order valence-corrected chi connectivity index (χ3v) is 3.30. The molecule has 1 aromatic heterocycles. The van der Waals surface area contributed by atoms with Gasteiger partial charge in [0.05, 0.1) is 11.9 Å². The van der Waals surface area contributed by atoms with E-state index in [0.717, 1.165) is 30.6 Å². The Hall–Kier alpha value is -2.48. The van der Waals surface area contributed by atoms with Gasteiger partial charge in [-0.3, -0.25) is 4.98 Å². The normalized spacial score (nSPS) is 14.2. The number of aliphatic hydroxyl groups is 1. The van der Waals surface area contributed by atoms with Gasteiger partial charge in [0.15, 0.2) is 5.60 Å². The van der Waals surface area contributed by atoms with Crippen LogP contribution in [0.2, 0.25) is 0 Å². The van der Waals surface area contributed by atoms with Gasteiger partial charge in [-0.25, -0.2) is 4.39 Å². The molecule has 0 radical (unpaired) electrons. The number of nitrogens with zero attached hydrogens (tertiary/aromatic N) is 1. The van der Waals surface area contributed by atoms with Gasteiger partial charge in [0.25, 0.3) is 0 Å². The number of halogens is 4. The summed E-state index contributed by atoms with van der Waals surface area (Å²) in [5, 5.41) is 19.7. The van der Waals surface area contributed by atoms with E-state index in [0.29, 0.717) is 12.6 Å². The van der Waals surface area contributed by atoms with E-state index in [4.69, 9.17) is 5.41 Å². The highest BCUT2D eigenvalue weighted by Gasteiger charge is 2.51. The van der Waals surface area contributed by atoms with Crippen LogP contribution >= 0.6 is 0 Å². The predicted octanol–water partition coefficient (Wildman–Crippen LogP) is 3.73. The molecule has 1 unspecified atom stereocenters. The Morgan fingerprint density at radius 2 is 1.91 bits per heavy atom. The van der Waals surface area contributed by atoms with Crippen LogP contribution in [0.5, 0.6) is 0 Å². The van der Waals surface area contributed by atoms with Crippen molar-refractivity contribution < 1.29 is 22.7 Å². The second kappa shape index (κ2) is 5.96. The molecule has 1 aromatic carbocycles. The number of hydrogen-bond donors (Lipinski definition) is 3. The first-order valence-electron chi connectivity index (χ1n) is 6.47. The number of benzene rings is 1. The van der Waals surface area contributed by atoms with E-state index in [1.165, 1.54) is 12.3 Å². The van der Waals surface area contributed by atoms with Gasteiger partial charge in [-0.1, -0.05) is 0 Å². The van der Waals surface area contributed by atoms with Gasteiger partial charge >= 0.3 is 6.18 Å². The Bertz CT molecular complexity index is 729. The zero-order valence-electron chi connectivity index (χ0n) is 11.9. The molecule has 0 amide bonds.